The smallest absolute Gasteiger partial charge is 0.253 e. The molecule has 0 aliphatic heterocycles. The maximum Gasteiger partial charge on any atom is 0.253 e. The van der Waals surface area contributed by atoms with Gasteiger partial charge in [0.1, 0.15) is 0 Å². The normalized spacial score (nSPS) is 11.5. The van der Waals surface area contributed by atoms with Crippen LogP contribution in [0.2, 0.25) is 0 Å². The average molecular weight is 440 g/mol. The predicted molar refractivity (Wildman–Crippen MR) is 123 cm³/mol. The van der Waals surface area contributed by atoms with Crippen LogP contribution in [0.15, 0.2) is 59.5 Å². The summed E-state index contributed by atoms with van der Waals surface area (Å²) in [4.78, 5) is 14.6. The Labute approximate surface area is 184 Å². The van der Waals surface area contributed by atoms with E-state index in [0.717, 1.165) is 54.5 Å². The molecule has 6 nitrogen and oxygen atoms in total. The SMILES string of the molecule is Cc1ccc(S(C)(=O)=O)cc1C(=O)N(C)CCCCCc1cc(-c2ccccc2)n[nH]1. The first kappa shape index (κ1) is 22.7. The Kier molecular flexibility index (Phi) is 7.28. The Hall–Kier alpha value is -2.93. The number of amides is 1. The van der Waals surface area contributed by atoms with Crippen LogP contribution in [0, 0.1) is 6.92 Å². The molecular formula is C24H29N3O3S. The Bertz CT molecular complexity index is 1140. The van der Waals surface area contributed by atoms with E-state index in [0.29, 0.717) is 12.1 Å². The van der Waals surface area contributed by atoms with E-state index < -0.39 is 9.84 Å². The van der Waals surface area contributed by atoms with Crippen LogP contribution < -0.4 is 0 Å². The molecule has 0 bridgehead atoms. The minimum atomic E-state index is -3.35. The molecule has 0 unspecified atom stereocenters. The van der Waals surface area contributed by atoms with Crippen molar-refractivity contribution in [2.45, 2.75) is 37.5 Å². The molecule has 164 valence electrons. The van der Waals surface area contributed by atoms with E-state index in [1.165, 1.54) is 6.07 Å². The van der Waals surface area contributed by atoms with Crippen LogP contribution >= 0.6 is 0 Å². The van der Waals surface area contributed by atoms with E-state index in [9.17, 15) is 13.2 Å². The summed E-state index contributed by atoms with van der Waals surface area (Å²) in [6, 6.07) is 16.9. The quantitative estimate of drug-likeness (QED) is 0.505. The van der Waals surface area contributed by atoms with Gasteiger partial charge in [-0.1, -0.05) is 42.8 Å². The van der Waals surface area contributed by atoms with Crippen molar-refractivity contribution in [2.24, 2.45) is 0 Å². The number of hydrogen-bond donors (Lipinski definition) is 1. The van der Waals surface area contributed by atoms with Crippen molar-refractivity contribution in [2.75, 3.05) is 19.8 Å². The fourth-order valence-electron chi connectivity index (χ4n) is 3.46. The third-order valence-electron chi connectivity index (χ3n) is 5.35. The van der Waals surface area contributed by atoms with Crippen molar-refractivity contribution in [3.05, 3.63) is 71.4 Å². The number of sulfone groups is 1. The maximum atomic E-state index is 12.8. The summed E-state index contributed by atoms with van der Waals surface area (Å²) in [7, 11) is -1.59. The van der Waals surface area contributed by atoms with Gasteiger partial charge in [-0.15, -0.1) is 0 Å². The molecule has 0 saturated carbocycles. The molecule has 1 amide bonds. The van der Waals surface area contributed by atoms with Gasteiger partial charge in [0.25, 0.3) is 5.91 Å². The molecule has 1 aromatic heterocycles. The standard InChI is InChI=1S/C24H29N3O3S/c1-18-13-14-21(31(3,29)30)17-22(18)24(28)27(2)15-9-5-8-12-20-16-23(26-25-20)19-10-6-4-7-11-19/h4,6-7,10-11,13-14,16-17H,5,8-9,12,15H2,1-3H3,(H,25,26). The maximum absolute atomic E-state index is 12.8. The zero-order valence-electron chi connectivity index (χ0n) is 18.3. The second kappa shape index (κ2) is 9.92. The van der Waals surface area contributed by atoms with Crippen LogP contribution in [0.25, 0.3) is 11.3 Å². The van der Waals surface area contributed by atoms with Crippen molar-refractivity contribution in [3.63, 3.8) is 0 Å². The first-order valence-electron chi connectivity index (χ1n) is 10.4. The van der Waals surface area contributed by atoms with Crippen LogP contribution in [-0.2, 0) is 16.3 Å². The molecule has 0 aliphatic carbocycles. The molecule has 3 rings (SSSR count). The van der Waals surface area contributed by atoms with E-state index in [2.05, 4.69) is 16.3 Å². The highest BCUT2D eigenvalue weighted by atomic mass is 32.2. The van der Waals surface area contributed by atoms with Gasteiger partial charge in [0.15, 0.2) is 9.84 Å². The summed E-state index contributed by atoms with van der Waals surface area (Å²) in [6.07, 6.45) is 4.93. The summed E-state index contributed by atoms with van der Waals surface area (Å²) >= 11 is 0. The lowest BCUT2D eigenvalue weighted by atomic mass is 10.1. The van der Waals surface area contributed by atoms with Gasteiger partial charge in [-0.25, -0.2) is 8.42 Å². The number of aryl methyl sites for hydroxylation is 2. The lowest BCUT2D eigenvalue weighted by Gasteiger charge is -2.18. The molecule has 1 N–H and O–H groups in total. The van der Waals surface area contributed by atoms with E-state index in [1.54, 1.807) is 24.1 Å². The van der Waals surface area contributed by atoms with Gasteiger partial charge in [-0.3, -0.25) is 9.89 Å². The van der Waals surface area contributed by atoms with Gasteiger partial charge in [0, 0.05) is 36.7 Å². The molecule has 0 aliphatic rings. The topological polar surface area (TPSA) is 83.1 Å². The van der Waals surface area contributed by atoms with E-state index in [4.69, 9.17) is 0 Å². The molecule has 0 saturated heterocycles. The fourth-order valence-corrected chi connectivity index (χ4v) is 4.10. The van der Waals surface area contributed by atoms with Gasteiger partial charge in [-0.2, -0.15) is 5.10 Å². The number of benzene rings is 2. The number of unbranched alkanes of at least 4 members (excludes halogenated alkanes) is 2. The number of H-pyrrole nitrogens is 1. The highest BCUT2D eigenvalue weighted by Crippen LogP contribution is 2.19. The largest absolute Gasteiger partial charge is 0.342 e. The lowest BCUT2D eigenvalue weighted by molar-refractivity contribution is 0.0791. The van der Waals surface area contributed by atoms with Gasteiger partial charge in [-0.05, 0) is 49.9 Å². The van der Waals surface area contributed by atoms with Crippen molar-refractivity contribution in [3.8, 4) is 11.3 Å². The predicted octanol–water partition coefficient (Wildman–Crippen LogP) is 4.27. The zero-order valence-corrected chi connectivity index (χ0v) is 19.1. The number of rotatable bonds is 9. The van der Waals surface area contributed by atoms with Crippen LogP contribution in [0.5, 0.6) is 0 Å². The molecule has 0 fully saturated rings. The molecule has 3 aromatic rings. The number of carbonyl (C=O) groups is 1. The zero-order chi connectivity index (χ0) is 22.4. The Balaban J connectivity index is 1.47. The second-order valence-electron chi connectivity index (χ2n) is 7.93. The minimum Gasteiger partial charge on any atom is -0.342 e. The van der Waals surface area contributed by atoms with Crippen molar-refractivity contribution in [1.29, 1.82) is 0 Å². The monoisotopic (exact) mass is 439 g/mol. The van der Waals surface area contributed by atoms with Crippen LogP contribution in [0.4, 0.5) is 0 Å². The number of aromatic nitrogens is 2. The van der Waals surface area contributed by atoms with Crippen LogP contribution in [0.1, 0.15) is 40.9 Å². The molecule has 0 spiro atoms. The molecular weight excluding hydrogens is 410 g/mol. The summed E-state index contributed by atoms with van der Waals surface area (Å²) in [5.74, 6) is -0.149. The highest BCUT2D eigenvalue weighted by Gasteiger charge is 2.17. The number of aromatic amines is 1. The second-order valence-corrected chi connectivity index (χ2v) is 9.95. The third kappa shape index (κ3) is 6.04. The fraction of sp³-hybridized carbons (Fsp3) is 0.333. The van der Waals surface area contributed by atoms with Crippen molar-refractivity contribution >= 4 is 15.7 Å². The molecule has 31 heavy (non-hydrogen) atoms. The first-order valence-corrected chi connectivity index (χ1v) is 12.3. The molecule has 1 heterocycles. The van der Waals surface area contributed by atoms with Gasteiger partial charge in [0.05, 0.1) is 10.6 Å². The number of hydrogen-bond acceptors (Lipinski definition) is 4. The molecule has 2 aromatic carbocycles. The molecule has 0 radical (unpaired) electrons. The van der Waals surface area contributed by atoms with Crippen LogP contribution in [0.3, 0.4) is 0 Å². The molecule has 7 heteroatoms. The number of carbonyl (C=O) groups excluding carboxylic acids is 1. The summed E-state index contributed by atoms with van der Waals surface area (Å²) in [5, 5.41) is 7.49. The van der Waals surface area contributed by atoms with E-state index >= 15 is 0 Å². The third-order valence-corrected chi connectivity index (χ3v) is 6.46. The van der Waals surface area contributed by atoms with Crippen molar-refractivity contribution < 1.29 is 13.2 Å². The Morgan fingerprint density at radius 2 is 1.77 bits per heavy atom. The number of nitrogens with zero attached hydrogens (tertiary/aromatic N) is 2. The summed E-state index contributed by atoms with van der Waals surface area (Å²) in [5.41, 5.74) is 4.37. The van der Waals surface area contributed by atoms with Crippen molar-refractivity contribution in [1.82, 2.24) is 15.1 Å². The van der Waals surface area contributed by atoms with Gasteiger partial charge >= 0.3 is 0 Å². The van der Waals surface area contributed by atoms with E-state index in [1.807, 2.05) is 37.3 Å². The van der Waals surface area contributed by atoms with Gasteiger partial charge < -0.3 is 4.90 Å². The summed E-state index contributed by atoms with van der Waals surface area (Å²) < 4.78 is 23.6. The van der Waals surface area contributed by atoms with Gasteiger partial charge in [0.2, 0.25) is 0 Å². The average Bonchev–Trinajstić information content (AvgIpc) is 3.22. The van der Waals surface area contributed by atoms with E-state index in [-0.39, 0.29) is 10.8 Å². The minimum absolute atomic E-state index is 0.149. The highest BCUT2D eigenvalue weighted by molar-refractivity contribution is 7.90. The van der Waals surface area contributed by atoms with Crippen LogP contribution in [-0.4, -0.2) is 49.3 Å². The lowest BCUT2D eigenvalue weighted by Crippen LogP contribution is -2.28. The number of nitrogens with one attached hydrogen (secondary N) is 1. The Morgan fingerprint density at radius 1 is 1.03 bits per heavy atom. The molecule has 0 atom stereocenters. The first-order chi connectivity index (χ1) is 14.8. The Morgan fingerprint density at radius 3 is 2.48 bits per heavy atom. The summed E-state index contributed by atoms with van der Waals surface area (Å²) in [6.45, 7) is 2.45.